The van der Waals surface area contributed by atoms with Gasteiger partial charge in [-0.15, -0.1) is 0 Å². The highest BCUT2D eigenvalue weighted by Gasteiger charge is 2.04. The summed E-state index contributed by atoms with van der Waals surface area (Å²) in [5, 5.41) is 0.819. The summed E-state index contributed by atoms with van der Waals surface area (Å²) in [7, 11) is 0. The molecule has 4 heteroatoms. The van der Waals surface area contributed by atoms with Crippen LogP contribution >= 0.6 is 11.6 Å². The van der Waals surface area contributed by atoms with Crippen LogP contribution in [-0.4, -0.2) is 15.6 Å². The standard InChI is InChI=1S/C13H15N3.C9H11Cl.2C2H6/c1-4-12(14-5-2)11-8-10(3)16-7-6-15-13(16)9-11;1-2-3-8-4-6-9(10)7-5-8;2*1-2/h4-9H,1-3H3;4-7H,2-3H2,1H3;2*1-2H3/b12-4-,14-5?;;;. The number of hydrogen-bond donors (Lipinski definition) is 0. The number of benzene rings is 1. The summed E-state index contributed by atoms with van der Waals surface area (Å²) < 4.78 is 2.06. The van der Waals surface area contributed by atoms with Gasteiger partial charge in [-0.05, 0) is 57.0 Å². The van der Waals surface area contributed by atoms with Gasteiger partial charge in [0, 0.05) is 34.9 Å². The Morgan fingerprint density at radius 1 is 1.07 bits per heavy atom. The lowest BCUT2D eigenvalue weighted by atomic mass is 10.1. The van der Waals surface area contributed by atoms with Crippen LogP contribution < -0.4 is 0 Å². The highest BCUT2D eigenvalue weighted by Crippen LogP contribution is 2.19. The Bertz CT molecular complexity index is 890. The van der Waals surface area contributed by atoms with E-state index in [1.165, 1.54) is 12.0 Å². The fourth-order valence-electron chi connectivity index (χ4n) is 2.74. The largest absolute Gasteiger partial charge is 0.304 e. The molecule has 0 spiro atoms. The highest BCUT2D eigenvalue weighted by molar-refractivity contribution is 6.30. The summed E-state index contributed by atoms with van der Waals surface area (Å²) in [6.07, 6.45) is 9.94. The second kappa shape index (κ2) is 16.4. The molecule has 0 unspecified atom stereocenters. The van der Waals surface area contributed by atoms with E-state index in [1.807, 2.05) is 72.1 Å². The lowest BCUT2D eigenvalue weighted by Crippen LogP contribution is -1.93. The number of pyridine rings is 1. The van der Waals surface area contributed by atoms with Crippen molar-refractivity contribution >= 4 is 29.2 Å². The van der Waals surface area contributed by atoms with Crippen molar-refractivity contribution in [3.8, 4) is 0 Å². The Hall–Kier alpha value is -2.39. The van der Waals surface area contributed by atoms with E-state index in [2.05, 4.69) is 52.5 Å². The molecule has 3 rings (SSSR count). The Morgan fingerprint density at radius 2 is 1.70 bits per heavy atom. The van der Waals surface area contributed by atoms with Crippen molar-refractivity contribution in [1.29, 1.82) is 0 Å². The van der Waals surface area contributed by atoms with Gasteiger partial charge in [-0.2, -0.15) is 0 Å². The van der Waals surface area contributed by atoms with Crippen molar-refractivity contribution in [2.45, 2.75) is 68.2 Å². The normalized spacial score (nSPS) is 10.5. The molecule has 0 saturated heterocycles. The van der Waals surface area contributed by atoms with Gasteiger partial charge in [0.1, 0.15) is 5.65 Å². The molecule has 0 amide bonds. The fraction of sp³-hybridized carbons (Fsp3) is 0.385. The fourth-order valence-corrected chi connectivity index (χ4v) is 2.86. The predicted octanol–water partition coefficient (Wildman–Crippen LogP) is 8.44. The van der Waals surface area contributed by atoms with E-state index >= 15 is 0 Å². The molecule has 0 saturated carbocycles. The molecule has 0 aliphatic heterocycles. The summed E-state index contributed by atoms with van der Waals surface area (Å²) in [5.74, 6) is 0. The third-order valence-electron chi connectivity index (χ3n) is 3.99. The minimum Gasteiger partial charge on any atom is -0.304 e. The summed E-state index contributed by atoms with van der Waals surface area (Å²) in [4.78, 5) is 8.65. The van der Waals surface area contributed by atoms with E-state index in [4.69, 9.17) is 11.6 Å². The van der Waals surface area contributed by atoms with E-state index in [1.54, 1.807) is 6.21 Å². The summed E-state index contributed by atoms with van der Waals surface area (Å²) in [5.41, 5.74) is 5.58. The van der Waals surface area contributed by atoms with Crippen LogP contribution in [-0.2, 0) is 6.42 Å². The number of aryl methyl sites for hydroxylation is 2. The van der Waals surface area contributed by atoms with E-state index in [0.717, 1.165) is 34.0 Å². The van der Waals surface area contributed by atoms with Gasteiger partial charge in [0.15, 0.2) is 0 Å². The minimum atomic E-state index is 0.819. The molecular weight excluding hydrogens is 390 g/mol. The first-order valence-electron chi connectivity index (χ1n) is 10.9. The molecule has 2 aromatic heterocycles. The van der Waals surface area contributed by atoms with Gasteiger partial charge in [0.05, 0.1) is 5.70 Å². The highest BCUT2D eigenvalue weighted by atomic mass is 35.5. The van der Waals surface area contributed by atoms with Crippen LogP contribution in [0.2, 0.25) is 5.02 Å². The molecule has 0 fully saturated rings. The second-order valence-corrected chi connectivity index (χ2v) is 6.41. The van der Waals surface area contributed by atoms with Crippen molar-refractivity contribution in [3.05, 3.63) is 76.7 Å². The van der Waals surface area contributed by atoms with Crippen molar-refractivity contribution in [1.82, 2.24) is 9.38 Å². The maximum atomic E-state index is 5.71. The molecule has 164 valence electrons. The summed E-state index contributed by atoms with van der Waals surface area (Å²) >= 11 is 5.71. The van der Waals surface area contributed by atoms with Gasteiger partial charge < -0.3 is 4.40 Å². The lowest BCUT2D eigenvalue weighted by molar-refractivity contribution is 0.922. The van der Waals surface area contributed by atoms with Crippen LogP contribution in [0.25, 0.3) is 11.3 Å². The van der Waals surface area contributed by atoms with Gasteiger partial charge in [0.2, 0.25) is 0 Å². The maximum absolute atomic E-state index is 5.71. The first-order valence-corrected chi connectivity index (χ1v) is 11.3. The molecule has 0 aliphatic rings. The number of imidazole rings is 1. The average Bonchev–Trinajstić information content (AvgIpc) is 3.26. The van der Waals surface area contributed by atoms with Gasteiger partial charge >= 0.3 is 0 Å². The summed E-state index contributed by atoms with van der Waals surface area (Å²) in [6, 6.07) is 12.2. The Labute approximate surface area is 188 Å². The molecule has 0 atom stereocenters. The Morgan fingerprint density at radius 3 is 2.23 bits per heavy atom. The Kier molecular flexibility index (Phi) is 15.1. The first kappa shape index (κ1) is 27.6. The molecule has 3 nitrogen and oxygen atoms in total. The number of hydrogen-bond acceptors (Lipinski definition) is 2. The molecule has 30 heavy (non-hydrogen) atoms. The lowest BCUT2D eigenvalue weighted by Gasteiger charge is -2.05. The van der Waals surface area contributed by atoms with E-state index in [9.17, 15) is 0 Å². The zero-order chi connectivity index (χ0) is 22.9. The SMILES string of the molecule is CC.CC.CC=N/C(=C\C)c1cc(C)n2ccnc2c1.CCCc1ccc(Cl)cc1. The van der Waals surface area contributed by atoms with Crippen LogP contribution in [0.3, 0.4) is 0 Å². The second-order valence-electron chi connectivity index (χ2n) is 5.98. The number of halogens is 1. The average molecular weight is 428 g/mol. The molecule has 0 N–H and O–H groups in total. The maximum Gasteiger partial charge on any atom is 0.137 e. The Balaban J connectivity index is 0.000000518. The first-order chi connectivity index (χ1) is 14.6. The smallest absolute Gasteiger partial charge is 0.137 e. The number of allylic oxidation sites excluding steroid dienone is 1. The molecule has 2 heterocycles. The van der Waals surface area contributed by atoms with Crippen molar-refractivity contribution < 1.29 is 0 Å². The molecular formula is C26H38ClN3. The minimum absolute atomic E-state index is 0.819. The third-order valence-corrected chi connectivity index (χ3v) is 4.24. The van der Waals surface area contributed by atoms with E-state index < -0.39 is 0 Å². The predicted molar refractivity (Wildman–Crippen MR) is 136 cm³/mol. The van der Waals surface area contributed by atoms with Crippen LogP contribution in [0.5, 0.6) is 0 Å². The monoisotopic (exact) mass is 427 g/mol. The van der Waals surface area contributed by atoms with Gasteiger partial charge in [0.25, 0.3) is 0 Å². The molecule has 0 bridgehead atoms. The molecule has 1 aromatic carbocycles. The number of fused-ring (bicyclic) bond motifs is 1. The zero-order valence-electron chi connectivity index (χ0n) is 19.9. The third kappa shape index (κ3) is 8.96. The molecule has 0 aliphatic carbocycles. The van der Waals surface area contributed by atoms with Crippen molar-refractivity contribution in [2.75, 3.05) is 0 Å². The molecule has 3 aromatic rings. The topological polar surface area (TPSA) is 29.7 Å². The van der Waals surface area contributed by atoms with Crippen LogP contribution in [0.4, 0.5) is 0 Å². The quantitative estimate of drug-likeness (QED) is 0.384. The molecule has 0 radical (unpaired) electrons. The number of aromatic nitrogens is 2. The van der Waals surface area contributed by atoms with Gasteiger partial charge in [-0.3, -0.25) is 4.99 Å². The number of aliphatic imine (C=N–C) groups is 1. The van der Waals surface area contributed by atoms with Crippen molar-refractivity contribution in [3.63, 3.8) is 0 Å². The van der Waals surface area contributed by atoms with Crippen LogP contribution in [0, 0.1) is 6.92 Å². The van der Waals surface area contributed by atoms with E-state index in [0.29, 0.717) is 0 Å². The number of rotatable bonds is 4. The van der Waals surface area contributed by atoms with E-state index in [-0.39, 0.29) is 0 Å². The van der Waals surface area contributed by atoms with Gasteiger partial charge in [-0.25, -0.2) is 4.98 Å². The van der Waals surface area contributed by atoms with Crippen molar-refractivity contribution in [2.24, 2.45) is 4.99 Å². The van der Waals surface area contributed by atoms with Crippen LogP contribution in [0.15, 0.2) is 59.9 Å². The van der Waals surface area contributed by atoms with Crippen LogP contribution in [0.1, 0.15) is 71.7 Å². The summed E-state index contributed by atoms with van der Waals surface area (Å²) in [6.45, 7) is 16.2. The zero-order valence-corrected chi connectivity index (χ0v) is 20.7. The number of nitrogens with zero attached hydrogens (tertiary/aromatic N) is 3. The van der Waals surface area contributed by atoms with Gasteiger partial charge in [-0.1, -0.05) is 70.8 Å².